The number of carbonyl (C=O) groups excluding carboxylic acids is 2. The highest BCUT2D eigenvalue weighted by Gasteiger charge is 2.59. The van der Waals surface area contributed by atoms with Crippen LogP contribution in [0.3, 0.4) is 0 Å². The Kier molecular flexibility index (Phi) is 15.7. The number of hydrogen-bond donors (Lipinski definition) is 0. The summed E-state index contributed by atoms with van der Waals surface area (Å²) in [6.45, 7) is 11.4. The van der Waals surface area contributed by atoms with Gasteiger partial charge in [0.2, 0.25) is 11.8 Å². The van der Waals surface area contributed by atoms with E-state index in [2.05, 4.69) is 49.0 Å². The zero-order valence-corrected chi connectivity index (χ0v) is 34.2. The van der Waals surface area contributed by atoms with E-state index in [4.69, 9.17) is 40.3 Å². The Bertz CT molecular complexity index is 1670. The summed E-state index contributed by atoms with van der Waals surface area (Å²) in [5.41, 5.74) is 2.72. The standard InChI is InChI=1S/C38H53ClIN7O7/c1-43-11-13-44(14-12-43)10-7-36(48)45-27-38(28-45)31-6-8-41-25-34(31)47(37(38)49)26-35-42-32-24-30(39)4-5-33(32)46(35)9-2-3-15-50-16-17-51-18-19-52-20-21-53-22-23-54-29-40/h4-6,8,24-25H,2-3,7,9-23,26-29H2,1H3. The van der Waals surface area contributed by atoms with Gasteiger partial charge in [0.05, 0.1) is 86.9 Å². The third-order valence-electron chi connectivity index (χ3n) is 10.3. The van der Waals surface area contributed by atoms with Gasteiger partial charge in [-0.25, -0.2) is 4.98 Å². The number of imidazole rings is 1. The largest absolute Gasteiger partial charge is 0.379 e. The molecule has 0 unspecified atom stereocenters. The topological polar surface area (TPSA) is 124 Å². The minimum absolute atomic E-state index is 0.00503. The molecular weight excluding hydrogens is 829 g/mol. The smallest absolute Gasteiger partial charge is 0.241 e. The quantitative estimate of drug-likeness (QED) is 0.0790. The number of benzene rings is 1. The van der Waals surface area contributed by atoms with Crippen molar-refractivity contribution in [2.24, 2.45) is 0 Å². The first-order valence-corrected chi connectivity index (χ1v) is 20.8. The Morgan fingerprint density at radius 2 is 1.54 bits per heavy atom. The number of anilines is 1. The van der Waals surface area contributed by atoms with Crippen molar-refractivity contribution in [1.82, 2.24) is 29.2 Å². The van der Waals surface area contributed by atoms with Crippen LogP contribution in [0.25, 0.3) is 11.0 Å². The number of aryl methyl sites for hydroxylation is 1. The van der Waals surface area contributed by atoms with Crippen LogP contribution in [0.2, 0.25) is 5.02 Å². The molecule has 296 valence electrons. The van der Waals surface area contributed by atoms with Gasteiger partial charge >= 0.3 is 0 Å². The zero-order valence-electron chi connectivity index (χ0n) is 31.3. The Morgan fingerprint density at radius 3 is 2.22 bits per heavy atom. The van der Waals surface area contributed by atoms with E-state index in [1.807, 2.05) is 29.2 Å². The van der Waals surface area contributed by atoms with E-state index >= 15 is 0 Å². The molecule has 0 atom stereocenters. The lowest BCUT2D eigenvalue weighted by Gasteiger charge is -2.47. The SMILES string of the molecule is CN1CCN(CCC(=O)N2CC3(C2)C(=O)N(Cc2nc4cc(Cl)ccc4n2CCCCOCCOCCOCCOCCOCI)c2cnccc23)CC1. The number of pyridine rings is 1. The Labute approximate surface area is 336 Å². The number of aromatic nitrogens is 3. The first-order chi connectivity index (χ1) is 26.4. The summed E-state index contributed by atoms with van der Waals surface area (Å²) in [4.78, 5) is 45.2. The molecule has 3 aromatic rings. The van der Waals surface area contributed by atoms with Crippen molar-refractivity contribution in [2.45, 2.75) is 37.8 Å². The minimum Gasteiger partial charge on any atom is -0.379 e. The molecule has 6 rings (SSSR count). The van der Waals surface area contributed by atoms with Crippen LogP contribution >= 0.6 is 34.2 Å². The summed E-state index contributed by atoms with van der Waals surface area (Å²) >= 11 is 8.53. The molecular formula is C38H53ClIN7O7. The Hall–Kier alpha value is -2.48. The van der Waals surface area contributed by atoms with Gasteiger partial charge in [-0.1, -0.05) is 34.2 Å². The fourth-order valence-electron chi connectivity index (χ4n) is 7.29. The van der Waals surface area contributed by atoms with Crippen LogP contribution < -0.4 is 4.90 Å². The van der Waals surface area contributed by atoms with Crippen molar-refractivity contribution in [1.29, 1.82) is 0 Å². The number of ether oxygens (including phenoxy) is 5. The maximum atomic E-state index is 14.3. The van der Waals surface area contributed by atoms with E-state index in [1.165, 1.54) is 0 Å². The number of amides is 2. The maximum Gasteiger partial charge on any atom is 0.241 e. The van der Waals surface area contributed by atoms with Crippen molar-refractivity contribution < 1.29 is 33.3 Å². The zero-order chi connectivity index (χ0) is 37.8. The molecule has 2 aromatic heterocycles. The number of likely N-dealkylation sites (tertiary alicyclic amines) is 1. The van der Waals surface area contributed by atoms with E-state index in [0.29, 0.717) is 102 Å². The molecule has 5 heterocycles. The van der Waals surface area contributed by atoms with Crippen molar-refractivity contribution in [3.63, 3.8) is 0 Å². The molecule has 54 heavy (non-hydrogen) atoms. The molecule has 1 aromatic carbocycles. The monoisotopic (exact) mass is 881 g/mol. The molecule has 2 fully saturated rings. The molecule has 1 spiro atoms. The molecule has 0 aliphatic carbocycles. The van der Waals surface area contributed by atoms with Crippen molar-refractivity contribution in [3.8, 4) is 0 Å². The summed E-state index contributed by atoms with van der Waals surface area (Å²) in [5.74, 6) is 0.877. The summed E-state index contributed by atoms with van der Waals surface area (Å²) in [6, 6.07) is 7.66. The number of nitrogens with zero attached hydrogens (tertiary/aromatic N) is 7. The summed E-state index contributed by atoms with van der Waals surface area (Å²) in [5, 5.41) is 0.612. The molecule has 2 amide bonds. The lowest BCUT2D eigenvalue weighted by atomic mass is 9.74. The van der Waals surface area contributed by atoms with Gasteiger partial charge in [-0.3, -0.25) is 14.6 Å². The van der Waals surface area contributed by atoms with Gasteiger partial charge in [0, 0.05) is 76.6 Å². The average Bonchev–Trinajstić information content (AvgIpc) is 3.62. The second-order valence-corrected chi connectivity index (χ2v) is 15.1. The number of alkyl halides is 1. The predicted molar refractivity (Wildman–Crippen MR) is 214 cm³/mol. The second kappa shape index (κ2) is 20.6. The highest BCUT2D eigenvalue weighted by Crippen LogP contribution is 2.47. The number of fused-ring (bicyclic) bond motifs is 3. The summed E-state index contributed by atoms with van der Waals surface area (Å²) < 4.78 is 30.4. The predicted octanol–water partition coefficient (Wildman–Crippen LogP) is 3.60. The van der Waals surface area contributed by atoms with Crippen molar-refractivity contribution >= 4 is 62.7 Å². The van der Waals surface area contributed by atoms with Gasteiger partial charge < -0.3 is 47.9 Å². The fraction of sp³-hybridized carbons (Fsp3) is 0.632. The lowest BCUT2D eigenvalue weighted by molar-refractivity contribution is -0.144. The molecule has 0 N–H and O–H groups in total. The normalized spacial score (nSPS) is 17.2. The molecule has 3 aliphatic heterocycles. The van der Waals surface area contributed by atoms with Gasteiger partial charge in [-0.05, 0) is 49.7 Å². The summed E-state index contributed by atoms with van der Waals surface area (Å²) in [6.07, 6.45) is 5.69. The number of unbranched alkanes of at least 4 members (excludes halogenated alkanes) is 1. The number of hydrogen-bond acceptors (Lipinski definition) is 11. The van der Waals surface area contributed by atoms with Crippen LogP contribution in [-0.2, 0) is 51.8 Å². The molecule has 0 bridgehead atoms. The molecule has 16 heteroatoms. The Balaban J connectivity index is 0.967. The molecule has 0 radical (unpaired) electrons. The van der Waals surface area contributed by atoms with Gasteiger partial charge in [0.15, 0.2) is 0 Å². The number of halogens is 2. The molecule has 14 nitrogen and oxygen atoms in total. The van der Waals surface area contributed by atoms with Crippen molar-refractivity contribution in [2.75, 3.05) is 122 Å². The van der Waals surface area contributed by atoms with Crippen molar-refractivity contribution in [3.05, 3.63) is 53.1 Å². The van der Waals surface area contributed by atoms with Gasteiger partial charge in [-0.2, -0.15) is 0 Å². The van der Waals surface area contributed by atoms with E-state index in [-0.39, 0.29) is 11.8 Å². The highest BCUT2D eigenvalue weighted by atomic mass is 127. The highest BCUT2D eigenvalue weighted by molar-refractivity contribution is 14.1. The van der Waals surface area contributed by atoms with E-state index < -0.39 is 5.41 Å². The lowest BCUT2D eigenvalue weighted by Crippen LogP contribution is -2.65. The third-order valence-corrected chi connectivity index (χ3v) is 11.0. The Morgan fingerprint density at radius 1 is 0.870 bits per heavy atom. The van der Waals surface area contributed by atoms with E-state index in [9.17, 15) is 9.59 Å². The van der Waals surface area contributed by atoms with Crippen LogP contribution in [0.15, 0.2) is 36.7 Å². The van der Waals surface area contributed by atoms with Crippen LogP contribution in [0.1, 0.15) is 30.7 Å². The van der Waals surface area contributed by atoms with Crippen LogP contribution in [-0.4, -0.2) is 158 Å². The van der Waals surface area contributed by atoms with Crippen LogP contribution in [0.5, 0.6) is 0 Å². The molecule has 3 aliphatic rings. The first kappa shape index (κ1) is 41.2. The average molecular weight is 882 g/mol. The molecule has 2 saturated heterocycles. The van der Waals surface area contributed by atoms with Gasteiger partial charge in [0.25, 0.3) is 0 Å². The second-order valence-electron chi connectivity index (χ2n) is 14.0. The van der Waals surface area contributed by atoms with Gasteiger partial charge in [-0.15, -0.1) is 0 Å². The first-order valence-electron chi connectivity index (χ1n) is 18.9. The minimum atomic E-state index is -0.755. The van der Waals surface area contributed by atoms with E-state index in [1.54, 1.807) is 17.3 Å². The molecule has 0 saturated carbocycles. The van der Waals surface area contributed by atoms with Gasteiger partial charge in [0.1, 0.15) is 11.2 Å². The summed E-state index contributed by atoms with van der Waals surface area (Å²) in [7, 11) is 2.13. The fourth-order valence-corrected chi connectivity index (χ4v) is 7.77. The number of rotatable bonds is 23. The third kappa shape index (κ3) is 10.5. The maximum absolute atomic E-state index is 14.3. The number of piperazine rings is 1. The number of carbonyl (C=O) groups is 2. The van der Waals surface area contributed by atoms with Crippen LogP contribution in [0, 0.1) is 0 Å². The number of likely N-dealkylation sites (N-methyl/N-ethyl adjacent to an activating group) is 1. The van der Waals surface area contributed by atoms with E-state index in [0.717, 1.165) is 73.7 Å². The van der Waals surface area contributed by atoms with Crippen LogP contribution in [0.4, 0.5) is 5.69 Å².